The van der Waals surface area contributed by atoms with Crippen LogP contribution in [0.3, 0.4) is 0 Å². The zero-order valence-corrected chi connectivity index (χ0v) is 11.2. The zero-order valence-electron chi connectivity index (χ0n) is 9.61. The Kier molecular flexibility index (Phi) is 5.48. The molecule has 6 nitrogen and oxygen atoms in total. The van der Waals surface area contributed by atoms with Gasteiger partial charge in [-0.3, -0.25) is 0 Å². The quantitative estimate of drug-likeness (QED) is 0.737. The van der Waals surface area contributed by atoms with Crippen LogP contribution in [0.25, 0.3) is 0 Å². The molecular weight excluding hydrogens is 268 g/mol. The molecule has 17 heavy (non-hydrogen) atoms. The average molecular weight is 285 g/mol. The first kappa shape index (κ1) is 14.5. The molecule has 0 radical (unpaired) electrons. The molecule has 100 valence electrons. The van der Waals surface area contributed by atoms with E-state index in [9.17, 15) is 13.2 Å². The smallest absolute Gasteiger partial charge is 0.421 e. The molecule has 0 saturated heterocycles. The molecule has 1 saturated carbocycles. The van der Waals surface area contributed by atoms with E-state index in [1.165, 1.54) is 0 Å². The molecule has 0 heterocycles. The Hall–Kier alpha value is -0.530. The van der Waals surface area contributed by atoms with Gasteiger partial charge in [-0.1, -0.05) is 6.42 Å². The maximum atomic E-state index is 11.6. The summed E-state index contributed by atoms with van der Waals surface area (Å²) in [7, 11) is -3.86. The Morgan fingerprint density at radius 3 is 2.76 bits per heavy atom. The lowest BCUT2D eigenvalue weighted by Gasteiger charge is -2.18. The molecule has 1 aliphatic carbocycles. The van der Waals surface area contributed by atoms with Crippen LogP contribution < -0.4 is 9.44 Å². The molecule has 1 aliphatic rings. The van der Waals surface area contributed by atoms with Crippen LogP contribution in [0.1, 0.15) is 26.2 Å². The summed E-state index contributed by atoms with van der Waals surface area (Å²) < 4.78 is 31.8. The minimum absolute atomic E-state index is 0.120. The number of nitrogens with one attached hydrogen (secondary N) is 2. The Labute approximate surface area is 106 Å². The number of amides is 1. The van der Waals surface area contributed by atoms with Gasteiger partial charge in [0, 0.05) is 11.9 Å². The third-order valence-corrected chi connectivity index (χ3v) is 4.10. The van der Waals surface area contributed by atoms with E-state index in [-0.39, 0.29) is 18.6 Å². The first-order valence-corrected chi connectivity index (χ1v) is 7.53. The van der Waals surface area contributed by atoms with Gasteiger partial charge in [0.25, 0.3) is 0 Å². The minimum Gasteiger partial charge on any atom is -0.449 e. The summed E-state index contributed by atoms with van der Waals surface area (Å²) >= 11 is 5.74. The van der Waals surface area contributed by atoms with Crippen LogP contribution in [0.5, 0.6) is 0 Å². The first-order chi connectivity index (χ1) is 7.98. The number of halogens is 1. The Morgan fingerprint density at radius 1 is 1.47 bits per heavy atom. The second-order valence-electron chi connectivity index (χ2n) is 3.90. The number of alkyl halides is 1. The van der Waals surface area contributed by atoms with Gasteiger partial charge in [-0.2, -0.15) is 13.1 Å². The van der Waals surface area contributed by atoms with E-state index in [1.807, 2.05) is 0 Å². The van der Waals surface area contributed by atoms with Gasteiger partial charge >= 0.3 is 16.3 Å². The van der Waals surface area contributed by atoms with Crippen molar-refractivity contribution in [1.29, 1.82) is 0 Å². The van der Waals surface area contributed by atoms with Crippen molar-refractivity contribution in [1.82, 2.24) is 9.44 Å². The van der Waals surface area contributed by atoms with Crippen LogP contribution in [0.2, 0.25) is 0 Å². The Bertz CT molecular complexity index is 360. The highest BCUT2D eigenvalue weighted by atomic mass is 35.5. The molecule has 1 fully saturated rings. The van der Waals surface area contributed by atoms with Crippen molar-refractivity contribution >= 4 is 27.9 Å². The van der Waals surface area contributed by atoms with E-state index >= 15 is 0 Å². The van der Waals surface area contributed by atoms with E-state index in [1.54, 1.807) is 11.6 Å². The summed E-state index contributed by atoms with van der Waals surface area (Å²) in [6, 6.07) is -0.209. The average Bonchev–Trinajstić information content (AvgIpc) is 2.63. The molecule has 1 amide bonds. The molecule has 2 N–H and O–H groups in total. The standard InChI is InChI=1S/C9H17ClN2O4S/c1-2-16-9(13)12-17(14,15)11-8-5-3-4-7(8)6-10/h7-8,11H,2-6H2,1H3,(H,12,13). The fraction of sp³-hybridized carbons (Fsp3) is 0.889. The summed E-state index contributed by atoms with van der Waals surface area (Å²) in [6.45, 7) is 1.72. The Balaban J connectivity index is 2.51. The van der Waals surface area contributed by atoms with Crippen molar-refractivity contribution in [2.24, 2.45) is 5.92 Å². The van der Waals surface area contributed by atoms with E-state index in [0.29, 0.717) is 5.88 Å². The highest BCUT2D eigenvalue weighted by Gasteiger charge is 2.30. The second-order valence-corrected chi connectivity index (χ2v) is 5.65. The maximum absolute atomic E-state index is 11.6. The lowest BCUT2D eigenvalue weighted by molar-refractivity contribution is 0.158. The molecule has 0 aliphatic heterocycles. The van der Waals surface area contributed by atoms with Gasteiger partial charge in [0.2, 0.25) is 0 Å². The van der Waals surface area contributed by atoms with Gasteiger partial charge in [0.05, 0.1) is 6.61 Å². The summed E-state index contributed by atoms with van der Waals surface area (Å²) in [5, 5.41) is 0. The van der Waals surface area contributed by atoms with Crippen molar-refractivity contribution in [3.8, 4) is 0 Å². The highest BCUT2D eigenvalue weighted by molar-refractivity contribution is 7.88. The molecule has 0 aromatic rings. The molecule has 2 atom stereocenters. The van der Waals surface area contributed by atoms with Crippen LogP contribution in [0, 0.1) is 5.92 Å². The molecule has 8 heteroatoms. The monoisotopic (exact) mass is 284 g/mol. The van der Waals surface area contributed by atoms with Crippen LogP contribution in [0.15, 0.2) is 0 Å². The number of rotatable bonds is 5. The first-order valence-electron chi connectivity index (χ1n) is 5.51. The fourth-order valence-corrected chi connectivity index (χ4v) is 3.29. The van der Waals surface area contributed by atoms with Crippen molar-refractivity contribution in [3.05, 3.63) is 0 Å². The van der Waals surface area contributed by atoms with Gasteiger partial charge < -0.3 is 4.74 Å². The fourth-order valence-electron chi connectivity index (χ4n) is 1.88. The molecule has 0 aromatic carbocycles. The lowest BCUT2D eigenvalue weighted by atomic mass is 10.1. The molecule has 1 rings (SSSR count). The molecular formula is C9H17ClN2O4S. The number of hydrogen-bond acceptors (Lipinski definition) is 4. The van der Waals surface area contributed by atoms with Crippen molar-refractivity contribution < 1.29 is 17.9 Å². The second kappa shape index (κ2) is 6.42. The van der Waals surface area contributed by atoms with Gasteiger partial charge in [0.15, 0.2) is 0 Å². The topological polar surface area (TPSA) is 84.5 Å². The van der Waals surface area contributed by atoms with Crippen LogP contribution >= 0.6 is 11.6 Å². The summed E-state index contributed by atoms with van der Waals surface area (Å²) in [5.74, 6) is 0.530. The zero-order chi connectivity index (χ0) is 12.9. The van der Waals surface area contributed by atoms with E-state index < -0.39 is 16.3 Å². The van der Waals surface area contributed by atoms with Gasteiger partial charge in [-0.15, -0.1) is 11.6 Å². The van der Waals surface area contributed by atoms with E-state index in [2.05, 4.69) is 9.46 Å². The number of hydrogen-bond donors (Lipinski definition) is 2. The predicted molar refractivity (Wildman–Crippen MR) is 64.1 cm³/mol. The molecule has 0 spiro atoms. The highest BCUT2D eigenvalue weighted by Crippen LogP contribution is 2.26. The number of carbonyl (C=O) groups excluding carboxylic acids is 1. The van der Waals surface area contributed by atoms with E-state index in [4.69, 9.17) is 11.6 Å². The maximum Gasteiger partial charge on any atom is 0.421 e. The van der Waals surface area contributed by atoms with Gasteiger partial charge in [-0.25, -0.2) is 9.52 Å². The SMILES string of the molecule is CCOC(=O)NS(=O)(=O)NC1CCCC1CCl. The van der Waals surface area contributed by atoms with Crippen molar-refractivity contribution in [2.45, 2.75) is 32.2 Å². The predicted octanol–water partition coefficient (Wildman–Crippen LogP) is 0.974. The largest absolute Gasteiger partial charge is 0.449 e. The molecule has 0 bridgehead atoms. The number of ether oxygens (including phenoxy) is 1. The van der Waals surface area contributed by atoms with Crippen LogP contribution in [0.4, 0.5) is 4.79 Å². The third-order valence-electron chi connectivity index (χ3n) is 2.66. The summed E-state index contributed by atoms with van der Waals surface area (Å²) in [6.07, 6.45) is 1.60. The van der Waals surface area contributed by atoms with Crippen molar-refractivity contribution in [3.63, 3.8) is 0 Å². The summed E-state index contributed by atoms with van der Waals surface area (Å²) in [4.78, 5) is 11.0. The normalized spacial score (nSPS) is 24.6. The number of carbonyl (C=O) groups is 1. The lowest BCUT2D eigenvalue weighted by Crippen LogP contribution is -2.46. The van der Waals surface area contributed by atoms with E-state index in [0.717, 1.165) is 19.3 Å². The van der Waals surface area contributed by atoms with Gasteiger partial charge in [0.1, 0.15) is 0 Å². The van der Waals surface area contributed by atoms with Crippen molar-refractivity contribution in [2.75, 3.05) is 12.5 Å². The Morgan fingerprint density at radius 2 is 2.18 bits per heavy atom. The molecule has 0 aromatic heterocycles. The van der Waals surface area contributed by atoms with Gasteiger partial charge in [-0.05, 0) is 25.7 Å². The summed E-state index contributed by atoms with van der Waals surface area (Å²) in [5.41, 5.74) is 0. The third kappa shape index (κ3) is 4.69. The molecule has 2 unspecified atom stereocenters. The van der Waals surface area contributed by atoms with Crippen LogP contribution in [-0.4, -0.2) is 33.0 Å². The van der Waals surface area contributed by atoms with Crippen LogP contribution in [-0.2, 0) is 14.9 Å². The minimum atomic E-state index is -3.86.